The molecule has 1 atom stereocenters. The van der Waals surface area contributed by atoms with Gasteiger partial charge in [0.15, 0.2) is 0 Å². The summed E-state index contributed by atoms with van der Waals surface area (Å²) >= 11 is 6.24. The maximum atomic E-state index is 6.24. The molecular formula is C17H15ClN2O. The van der Waals surface area contributed by atoms with Crippen LogP contribution in [0.2, 0.25) is 5.02 Å². The van der Waals surface area contributed by atoms with E-state index in [1.165, 1.54) is 5.56 Å². The van der Waals surface area contributed by atoms with Crippen LogP contribution in [0.15, 0.2) is 59.6 Å². The van der Waals surface area contributed by atoms with Gasteiger partial charge < -0.3 is 10.5 Å². The average molecular weight is 299 g/mol. The summed E-state index contributed by atoms with van der Waals surface area (Å²) in [5, 5.41) is 0.667. The average Bonchev–Trinajstić information content (AvgIpc) is 2.48. The molecule has 106 valence electrons. The SMILES string of the molecule is Cc1ccc(C2=CC(c3ccccc3Cl)N=C(N)O2)cc1. The topological polar surface area (TPSA) is 47.6 Å². The third-order valence-electron chi connectivity index (χ3n) is 3.35. The van der Waals surface area contributed by atoms with Gasteiger partial charge >= 0.3 is 0 Å². The van der Waals surface area contributed by atoms with Crippen molar-refractivity contribution >= 4 is 23.4 Å². The predicted octanol–water partition coefficient (Wildman–Crippen LogP) is 4.08. The minimum atomic E-state index is -0.233. The number of amidine groups is 1. The van der Waals surface area contributed by atoms with Gasteiger partial charge in [-0.25, -0.2) is 4.99 Å². The molecule has 4 heteroatoms. The lowest BCUT2D eigenvalue weighted by molar-refractivity contribution is 0.476. The first-order valence-electron chi connectivity index (χ1n) is 6.68. The first kappa shape index (κ1) is 13.7. The number of hydrogen-bond acceptors (Lipinski definition) is 3. The van der Waals surface area contributed by atoms with Crippen molar-refractivity contribution in [2.45, 2.75) is 13.0 Å². The van der Waals surface area contributed by atoms with Crippen molar-refractivity contribution < 1.29 is 4.74 Å². The van der Waals surface area contributed by atoms with E-state index in [-0.39, 0.29) is 12.1 Å². The Balaban J connectivity index is 2.00. The van der Waals surface area contributed by atoms with Crippen LogP contribution in [0, 0.1) is 6.92 Å². The summed E-state index contributed by atoms with van der Waals surface area (Å²) in [7, 11) is 0. The highest BCUT2D eigenvalue weighted by Gasteiger charge is 2.20. The molecule has 21 heavy (non-hydrogen) atoms. The van der Waals surface area contributed by atoms with E-state index < -0.39 is 0 Å². The second kappa shape index (κ2) is 5.62. The Hall–Kier alpha value is -2.26. The van der Waals surface area contributed by atoms with Crippen molar-refractivity contribution in [3.63, 3.8) is 0 Å². The van der Waals surface area contributed by atoms with Crippen molar-refractivity contribution in [3.8, 4) is 0 Å². The van der Waals surface area contributed by atoms with E-state index in [4.69, 9.17) is 22.1 Å². The fourth-order valence-corrected chi connectivity index (χ4v) is 2.49. The van der Waals surface area contributed by atoms with Gasteiger partial charge in [-0.2, -0.15) is 0 Å². The lowest BCUT2D eigenvalue weighted by Crippen LogP contribution is -2.20. The molecule has 3 nitrogen and oxygen atoms in total. The molecule has 0 bridgehead atoms. The number of benzene rings is 2. The Labute approximate surface area is 128 Å². The molecule has 0 radical (unpaired) electrons. The number of halogens is 1. The molecule has 1 heterocycles. The van der Waals surface area contributed by atoms with Gasteiger partial charge in [0.25, 0.3) is 6.02 Å². The summed E-state index contributed by atoms with van der Waals surface area (Å²) in [5.74, 6) is 0.701. The van der Waals surface area contributed by atoms with E-state index in [1.807, 2.05) is 61.5 Å². The van der Waals surface area contributed by atoms with Gasteiger partial charge in [0.05, 0.1) is 0 Å². The molecule has 0 spiro atoms. The summed E-state index contributed by atoms with van der Waals surface area (Å²) < 4.78 is 5.55. The molecule has 0 aliphatic carbocycles. The van der Waals surface area contributed by atoms with Crippen LogP contribution in [0.5, 0.6) is 0 Å². The van der Waals surface area contributed by atoms with Crippen molar-refractivity contribution in [1.82, 2.24) is 0 Å². The molecule has 1 aliphatic heterocycles. The molecule has 0 fully saturated rings. The smallest absolute Gasteiger partial charge is 0.288 e. The number of aliphatic imine (C=N–C) groups is 1. The van der Waals surface area contributed by atoms with Crippen LogP contribution in [0.1, 0.15) is 22.7 Å². The van der Waals surface area contributed by atoms with Gasteiger partial charge in [-0.05, 0) is 24.6 Å². The van der Waals surface area contributed by atoms with Crippen LogP contribution in [0.3, 0.4) is 0 Å². The van der Waals surface area contributed by atoms with Gasteiger partial charge in [0.1, 0.15) is 11.8 Å². The normalized spacial score (nSPS) is 17.7. The summed E-state index contributed by atoms with van der Waals surface area (Å²) in [5.41, 5.74) is 8.89. The van der Waals surface area contributed by atoms with Crippen LogP contribution < -0.4 is 5.73 Å². The Morgan fingerprint density at radius 3 is 2.52 bits per heavy atom. The first-order valence-corrected chi connectivity index (χ1v) is 7.06. The largest absolute Gasteiger partial charge is 0.426 e. The van der Waals surface area contributed by atoms with Crippen LogP contribution in [-0.2, 0) is 4.74 Å². The number of ether oxygens (including phenoxy) is 1. The number of hydrogen-bond donors (Lipinski definition) is 1. The molecule has 3 rings (SSSR count). The van der Waals surface area contributed by atoms with Gasteiger partial charge in [0, 0.05) is 10.6 Å². The Morgan fingerprint density at radius 2 is 1.81 bits per heavy atom. The zero-order valence-electron chi connectivity index (χ0n) is 11.6. The molecule has 0 amide bonds. The Bertz CT molecular complexity index is 720. The van der Waals surface area contributed by atoms with Crippen LogP contribution in [-0.4, -0.2) is 6.02 Å². The minimum absolute atomic E-state index is 0.151. The molecule has 2 N–H and O–H groups in total. The van der Waals surface area contributed by atoms with Gasteiger partial charge in [-0.1, -0.05) is 59.6 Å². The standard InChI is InChI=1S/C17H15ClN2O/c1-11-6-8-12(9-7-11)16-10-15(20-17(19)21-16)13-4-2-3-5-14(13)18/h2-10,15H,1H3,(H2,19,20). The fourth-order valence-electron chi connectivity index (χ4n) is 2.24. The van der Waals surface area contributed by atoms with Crippen molar-refractivity contribution in [2.24, 2.45) is 10.7 Å². The van der Waals surface area contributed by atoms with Crippen LogP contribution >= 0.6 is 11.6 Å². The third-order valence-corrected chi connectivity index (χ3v) is 3.69. The quantitative estimate of drug-likeness (QED) is 0.908. The van der Waals surface area contributed by atoms with E-state index in [2.05, 4.69) is 4.99 Å². The monoisotopic (exact) mass is 298 g/mol. The van der Waals surface area contributed by atoms with E-state index in [9.17, 15) is 0 Å². The van der Waals surface area contributed by atoms with Gasteiger partial charge in [-0.3, -0.25) is 0 Å². The van der Waals surface area contributed by atoms with Crippen LogP contribution in [0.4, 0.5) is 0 Å². The van der Waals surface area contributed by atoms with Crippen LogP contribution in [0.25, 0.3) is 5.76 Å². The maximum absolute atomic E-state index is 6.24. The van der Waals surface area contributed by atoms with E-state index in [0.29, 0.717) is 10.8 Å². The second-order valence-electron chi connectivity index (χ2n) is 4.93. The Morgan fingerprint density at radius 1 is 1.10 bits per heavy atom. The molecule has 2 aromatic rings. The highest BCUT2D eigenvalue weighted by Crippen LogP contribution is 2.32. The van der Waals surface area contributed by atoms with E-state index >= 15 is 0 Å². The van der Waals surface area contributed by atoms with Crippen molar-refractivity contribution in [1.29, 1.82) is 0 Å². The summed E-state index contributed by atoms with van der Waals surface area (Å²) in [6.45, 7) is 2.04. The fraction of sp³-hybridized carbons (Fsp3) is 0.118. The lowest BCUT2D eigenvalue weighted by atomic mass is 10.0. The molecule has 1 aliphatic rings. The Kier molecular flexibility index (Phi) is 3.67. The number of nitrogens with zero attached hydrogens (tertiary/aromatic N) is 1. The number of aryl methyl sites for hydroxylation is 1. The first-order chi connectivity index (χ1) is 10.1. The number of rotatable bonds is 2. The molecular weight excluding hydrogens is 284 g/mol. The molecule has 1 unspecified atom stereocenters. The zero-order valence-corrected chi connectivity index (χ0v) is 12.3. The molecule has 0 saturated heterocycles. The highest BCUT2D eigenvalue weighted by molar-refractivity contribution is 6.31. The highest BCUT2D eigenvalue weighted by atomic mass is 35.5. The second-order valence-corrected chi connectivity index (χ2v) is 5.34. The molecule has 0 saturated carbocycles. The summed E-state index contributed by atoms with van der Waals surface area (Å²) in [6.07, 6.45) is 1.93. The summed E-state index contributed by atoms with van der Waals surface area (Å²) in [6, 6.07) is 15.6. The number of nitrogens with two attached hydrogens (primary N) is 1. The molecule has 0 aromatic heterocycles. The van der Waals surface area contributed by atoms with Gasteiger partial charge in [-0.15, -0.1) is 0 Å². The third kappa shape index (κ3) is 2.93. The zero-order chi connectivity index (χ0) is 14.8. The lowest BCUT2D eigenvalue weighted by Gasteiger charge is -2.20. The molecule has 2 aromatic carbocycles. The van der Waals surface area contributed by atoms with E-state index in [0.717, 1.165) is 11.1 Å². The van der Waals surface area contributed by atoms with E-state index in [1.54, 1.807) is 0 Å². The predicted molar refractivity (Wildman–Crippen MR) is 86.1 cm³/mol. The maximum Gasteiger partial charge on any atom is 0.288 e. The summed E-state index contributed by atoms with van der Waals surface area (Å²) in [4.78, 5) is 4.32. The van der Waals surface area contributed by atoms with Crippen molar-refractivity contribution in [2.75, 3.05) is 0 Å². The van der Waals surface area contributed by atoms with Crippen molar-refractivity contribution in [3.05, 3.63) is 76.3 Å². The van der Waals surface area contributed by atoms with Gasteiger partial charge in [0.2, 0.25) is 0 Å². The minimum Gasteiger partial charge on any atom is -0.426 e.